The number of methoxy groups -OCH3 is 1. The molecule has 0 amide bonds. The molecule has 0 radical (unpaired) electrons. The minimum atomic E-state index is -0.367. The molecule has 0 saturated carbocycles. The normalized spacial score (nSPS) is 20.8. The van der Waals surface area contributed by atoms with Gasteiger partial charge in [0.25, 0.3) is 0 Å². The number of aromatic nitrogens is 1. The fourth-order valence-corrected chi connectivity index (χ4v) is 4.24. The van der Waals surface area contributed by atoms with Gasteiger partial charge in [0, 0.05) is 35.5 Å². The monoisotopic (exact) mass is 401 g/mol. The van der Waals surface area contributed by atoms with Crippen molar-refractivity contribution in [3.05, 3.63) is 77.6 Å². The Morgan fingerprint density at radius 3 is 2.77 bits per heavy atom. The van der Waals surface area contributed by atoms with Gasteiger partial charge in [-0.25, -0.2) is 5.01 Å². The summed E-state index contributed by atoms with van der Waals surface area (Å²) >= 11 is 0. The van der Waals surface area contributed by atoms with Crippen molar-refractivity contribution in [2.45, 2.75) is 18.7 Å². The minimum Gasteiger partial charge on any atom is -0.493 e. The topological polar surface area (TPSA) is 65.4 Å². The highest BCUT2D eigenvalue weighted by molar-refractivity contribution is 6.02. The summed E-state index contributed by atoms with van der Waals surface area (Å²) in [5.74, 6) is 3.01. The summed E-state index contributed by atoms with van der Waals surface area (Å²) in [4.78, 5) is 4.14. The summed E-state index contributed by atoms with van der Waals surface area (Å²) < 4.78 is 23.0. The van der Waals surface area contributed by atoms with E-state index in [-0.39, 0.29) is 19.1 Å². The Bertz CT molecular complexity index is 1150. The number of fused-ring (bicyclic) bond motifs is 4. The first-order chi connectivity index (χ1) is 14.8. The molecule has 1 aromatic heterocycles. The summed E-state index contributed by atoms with van der Waals surface area (Å²) in [6.45, 7) is 0.255. The van der Waals surface area contributed by atoms with Crippen LogP contribution in [0.2, 0.25) is 0 Å². The van der Waals surface area contributed by atoms with E-state index in [0.717, 1.165) is 51.8 Å². The molecule has 3 aromatic rings. The van der Waals surface area contributed by atoms with Gasteiger partial charge in [-0.05, 0) is 36.4 Å². The molecule has 7 nitrogen and oxygen atoms in total. The SMILES string of the molecule is COc1cccc2c1O[C@@H](c1ccncc1)N1N=C(c3ccc4c(c3)OCO4)C[C@H]21. The summed E-state index contributed by atoms with van der Waals surface area (Å²) in [6, 6.07) is 15.9. The van der Waals surface area contributed by atoms with Crippen molar-refractivity contribution in [1.82, 2.24) is 9.99 Å². The number of ether oxygens (including phenoxy) is 4. The van der Waals surface area contributed by atoms with Crippen LogP contribution in [-0.2, 0) is 0 Å². The second-order valence-corrected chi connectivity index (χ2v) is 7.34. The largest absolute Gasteiger partial charge is 0.493 e. The molecule has 7 heteroatoms. The van der Waals surface area contributed by atoms with Gasteiger partial charge in [-0.1, -0.05) is 12.1 Å². The van der Waals surface area contributed by atoms with Crippen LogP contribution in [0, 0.1) is 0 Å². The Labute approximate surface area is 173 Å². The number of hydrogen-bond donors (Lipinski definition) is 0. The average molecular weight is 401 g/mol. The Balaban J connectivity index is 1.45. The minimum absolute atomic E-state index is 0.0439. The number of para-hydroxylation sites is 1. The van der Waals surface area contributed by atoms with E-state index in [2.05, 4.69) is 11.1 Å². The van der Waals surface area contributed by atoms with Crippen LogP contribution in [0.15, 0.2) is 66.0 Å². The van der Waals surface area contributed by atoms with E-state index in [1.54, 1.807) is 19.5 Å². The van der Waals surface area contributed by atoms with E-state index in [1.807, 2.05) is 47.5 Å². The number of nitrogens with zero attached hydrogens (tertiary/aromatic N) is 3. The number of benzene rings is 2. The molecule has 3 aliphatic rings. The fourth-order valence-electron chi connectivity index (χ4n) is 4.24. The molecule has 4 heterocycles. The summed E-state index contributed by atoms with van der Waals surface area (Å²) in [5.41, 5.74) is 4.06. The first-order valence-electron chi connectivity index (χ1n) is 9.81. The molecular formula is C23H19N3O4. The van der Waals surface area contributed by atoms with Crippen molar-refractivity contribution in [3.63, 3.8) is 0 Å². The van der Waals surface area contributed by atoms with Gasteiger partial charge in [0.2, 0.25) is 13.0 Å². The van der Waals surface area contributed by atoms with E-state index in [9.17, 15) is 0 Å². The van der Waals surface area contributed by atoms with Gasteiger partial charge in [-0.2, -0.15) is 5.10 Å². The molecule has 0 aliphatic carbocycles. The molecule has 0 unspecified atom stereocenters. The number of pyridine rings is 1. The summed E-state index contributed by atoms with van der Waals surface area (Å²) in [7, 11) is 1.66. The van der Waals surface area contributed by atoms with Crippen LogP contribution in [0.5, 0.6) is 23.0 Å². The molecule has 6 rings (SSSR count). The lowest BCUT2D eigenvalue weighted by Gasteiger charge is -2.38. The average Bonchev–Trinajstić information content (AvgIpc) is 3.45. The first kappa shape index (κ1) is 17.1. The van der Waals surface area contributed by atoms with Crippen LogP contribution in [0.25, 0.3) is 0 Å². The Morgan fingerprint density at radius 1 is 1.03 bits per heavy atom. The zero-order chi connectivity index (χ0) is 20.1. The second-order valence-electron chi connectivity index (χ2n) is 7.34. The zero-order valence-electron chi connectivity index (χ0n) is 16.3. The van der Waals surface area contributed by atoms with Crippen molar-refractivity contribution in [3.8, 4) is 23.0 Å². The van der Waals surface area contributed by atoms with E-state index < -0.39 is 0 Å². The molecule has 30 heavy (non-hydrogen) atoms. The lowest BCUT2D eigenvalue weighted by Crippen LogP contribution is -2.33. The van der Waals surface area contributed by atoms with Crippen LogP contribution >= 0.6 is 0 Å². The van der Waals surface area contributed by atoms with E-state index >= 15 is 0 Å². The summed E-state index contributed by atoms with van der Waals surface area (Å²) in [5, 5.41) is 7.02. The highest BCUT2D eigenvalue weighted by Crippen LogP contribution is 2.50. The van der Waals surface area contributed by atoms with Crippen molar-refractivity contribution in [1.29, 1.82) is 0 Å². The van der Waals surface area contributed by atoms with Gasteiger partial charge in [-0.3, -0.25) is 4.98 Å². The number of hydrazone groups is 1. The maximum absolute atomic E-state index is 6.43. The van der Waals surface area contributed by atoms with Gasteiger partial charge < -0.3 is 18.9 Å². The fraction of sp³-hybridized carbons (Fsp3) is 0.217. The lowest BCUT2D eigenvalue weighted by molar-refractivity contribution is -0.0209. The molecule has 3 aliphatic heterocycles. The third-order valence-electron chi connectivity index (χ3n) is 5.70. The zero-order valence-corrected chi connectivity index (χ0v) is 16.3. The molecule has 150 valence electrons. The van der Waals surface area contributed by atoms with Crippen molar-refractivity contribution >= 4 is 5.71 Å². The number of hydrogen-bond acceptors (Lipinski definition) is 7. The predicted octanol–water partition coefficient (Wildman–Crippen LogP) is 4.06. The third kappa shape index (κ3) is 2.58. The Hall–Kier alpha value is -3.74. The van der Waals surface area contributed by atoms with E-state index in [1.165, 1.54) is 0 Å². The molecule has 0 fully saturated rings. The summed E-state index contributed by atoms with van der Waals surface area (Å²) in [6.07, 6.45) is 3.92. The molecular weight excluding hydrogens is 382 g/mol. The van der Waals surface area contributed by atoms with Gasteiger partial charge in [0.1, 0.15) is 0 Å². The maximum Gasteiger partial charge on any atom is 0.231 e. The molecule has 2 aromatic carbocycles. The molecule has 2 atom stereocenters. The molecule has 0 N–H and O–H groups in total. The third-order valence-corrected chi connectivity index (χ3v) is 5.70. The van der Waals surface area contributed by atoms with Crippen LogP contribution in [0.4, 0.5) is 0 Å². The van der Waals surface area contributed by atoms with Gasteiger partial charge in [0.05, 0.1) is 18.9 Å². The van der Waals surface area contributed by atoms with Crippen LogP contribution < -0.4 is 18.9 Å². The molecule has 0 spiro atoms. The smallest absolute Gasteiger partial charge is 0.231 e. The van der Waals surface area contributed by atoms with Crippen LogP contribution in [0.1, 0.15) is 35.4 Å². The van der Waals surface area contributed by atoms with Crippen LogP contribution in [-0.4, -0.2) is 29.6 Å². The van der Waals surface area contributed by atoms with Gasteiger partial charge >= 0.3 is 0 Å². The van der Waals surface area contributed by atoms with Crippen LogP contribution in [0.3, 0.4) is 0 Å². The lowest BCUT2D eigenvalue weighted by atomic mass is 9.95. The van der Waals surface area contributed by atoms with E-state index in [0.29, 0.717) is 0 Å². The highest BCUT2D eigenvalue weighted by atomic mass is 16.7. The van der Waals surface area contributed by atoms with Crippen molar-refractivity contribution in [2.75, 3.05) is 13.9 Å². The Kier molecular flexibility index (Phi) is 3.80. The van der Waals surface area contributed by atoms with Gasteiger partial charge in [-0.15, -0.1) is 0 Å². The second kappa shape index (κ2) is 6.66. The van der Waals surface area contributed by atoms with Crippen molar-refractivity contribution in [2.24, 2.45) is 5.10 Å². The van der Waals surface area contributed by atoms with Gasteiger partial charge in [0.15, 0.2) is 23.0 Å². The number of rotatable bonds is 3. The first-order valence-corrected chi connectivity index (χ1v) is 9.81. The maximum atomic E-state index is 6.43. The molecule has 0 bridgehead atoms. The Morgan fingerprint density at radius 2 is 1.90 bits per heavy atom. The quantitative estimate of drug-likeness (QED) is 0.659. The van der Waals surface area contributed by atoms with E-state index in [4.69, 9.17) is 24.0 Å². The highest BCUT2D eigenvalue weighted by Gasteiger charge is 2.42. The molecule has 0 saturated heterocycles. The standard InChI is InChI=1S/C23H19N3O4/c1-27-20-4-2-3-16-18-12-17(15-5-6-19-21(11-15)29-13-28-19)25-26(18)23(30-22(16)20)14-7-9-24-10-8-14/h2-11,18,23H,12-13H2,1H3/t18-,23+/m1/s1. The predicted molar refractivity (Wildman–Crippen MR) is 109 cm³/mol. The van der Waals surface area contributed by atoms with Crippen molar-refractivity contribution < 1.29 is 18.9 Å².